The number of hydrogen-bond donors (Lipinski definition) is 4. The number of aryl methyl sites for hydroxylation is 2. The molecule has 0 spiro atoms. The minimum atomic E-state index is -4.87. The first-order valence-electron chi connectivity index (χ1n) is 12.2. The summed E-state index contributed by atoms with van der Waals surface area (Å²) in [5, 5.41) is 14.6. The lowest BCUT2D eigenvalue weighted by Gasteiger charge is -2.20. The monoisotopic (exact) mass is 545 g/mol. The minimum Gasteiger partial charge on any atom is -0.406 e. The standard InChI is InChI=1S/C27H34F3N7O2/c1-16(2)33-13-19-9-21(12-22(10-19)39-27(28,29)30)35-26(38)20-8-7-17(3)25(11-20)37(31)15-24(32-5)23-14-34-36(6)18(23)4/h7-12,14-16,32-33H,13,31H2,1-6H3,(H,35,38)/b24-15-. The predicted molar refractivity (Wildman–Crippen MR) is 146 cm³/mol. The van der Waals surface area contributed by atoms with Crippen LogP contribution in [0.1, 0.15) is 46.6 Å². The van der Waals surface area contributed by atoms with E-state index in [0.29, 0.717) is 17.8 Å². The van der Waals surface area contributed by atoms with E-state index in [1.807, 2.05) is 34.7 Å². The minimum absolute atomic E-state index is 0.111. The summed E-state index contributed by atoms with van der Waals surface area (Å²) in [4.78, 5) is 13.1. The second-order valence-electron chi connectivity index (χ2n) is 9.37. The molecule has 3 aromatic rings. The van der Waals surface area contributed by atoms with Crippen LogP contribution in [0.4, 0.5) is 24.5 Å². The Bertz CT molecular complexity index is 1350. The molecular weight excluding hydrogens is 511 g/mol. The van der Waals surface area contributed by atoms with Gasteiger partial charge in [0.15, 0.2) is 0 Å². The van der Waals surface area contributed by atoms with Crippen LogP contribution in [0, 0.1) is 13.8 Å². The molecule has 0 atom stereocenters. The van der Waals surface area contributed by atoms with Crippen LogP contribution in [0.3, 0.4) is 0 Å². The van der Waals surface area contributed by atoms with Crippen LogP contribution in [0.5, 0.6) is 5.75 Å². The SMILES string of the molecule is CN/C(=C\N(N)c1cc(C(=O)Nc2cc(CNC(C)C)cc(OC(F)(F)F)c2)ccc1C)c1cnn(C)c1C. The smallest absolute Gasteiger partial charge is 0.406 e. The molecule has 0 aliphatic carbocycles. The van der Waals surface area contributed by atoms with Crippen LogP contribution in [0.2, 0.25) is 0 Å². The number of nitrogens with zero attached hydrogens (tertiary/aromatic N) is 3. The summed E-state index contributed by atoms with van der Waals surface area (Å²) in [6.45, 7) is 7.92. The van der Waals surface area contributed by atoms with Gasteiger partial charge in [-0.25, -0.2) is 5.84 Å². The van der Waals surface area contributed by atoms with Gasteiger partial charge in [-0.15, -0.1) is 13.2 Å². The zero-order chi connectivity index (χ0) is 28.9. The molecule has 2 aromatic carbocycles. The summed E-state index contributed by atoms with van der Waals surface area (Å²) in [5.41, 5.74) is 4.86. The first-order chi connectivity index (χ1) is 18.3. The number of ether oxygens (including phenoxy) is 1. The van der Waals surface area contributed by atoms with Gasteiger partial charge in [0.2, 0.25) is 0 Å². The van der Waals surface area contributed by atoms with Crippen molar-refractivity contribution in [2.75, 3.05) is 17.4 Å². The van der Waals surface area contributed by atoms with Crippen LogP contribution in [-0.4, -0.2) is 35.1 Å². The molecule has 0 saturated heterocycles. The molecular formula is C27H34F3N7O2. The average Bonchev–Trinajstić information content (AvgIpc) is 3.18. The molecule has 9 nitrogen and oxygen atoms in total. The highest BCUT2D eigenvalue weighted by Crippen LogP contribution is 2.28. The number of halogens is 3. The fraction of sp³-hybridized carbons (Fsp3) is 0.333. The third-order valence-electron chi connectivity index (χ3n) is 5.98. The van der Waals surface area contributed by atoms with Gasteiger partial charge in [-0.3, -0.25) is 14.5 Å². The van der Waals surface area contributed by atoms with Gasteiger partial charge >= 0.3 is 6.36 Å². The zero-order valence-corrected chi connectivity index (χ0v) is 22.8. The molecule has 0 aliphatic heterocycles. The molecule has 0 bridgehead atoms. The molecule has 0 aliphatic rings. The van der Waals surface area contributed by atoms with Gasteiger partial charge in [-0.05, 0) is 49.2 Å². The first kappa shape index (κ1) is 29.5. The van der Waals surface area contributed by atoms with E-state index in [1.54, 1.807) is 48.4 Å². The fourth-order valence-corrected chi connectivity index (χ4v) is 3.82. The summed E-state index contributed by atoms with van der Waals surface area (Å²) in [6, 6.07) is 9.10. The lowest BCUT2D eigenvalue weighted by Crippen LogP contribution is -2.27. The number of alkyl halides is 3. The number of nitrogens with two attached hydrogens (primary N) is 1. The third-order valence-corrected chi connectivity index (χ3v) is 5.98. The van der Waals surface area contributed by atoms with Crippen molar-refractivity contribution in [3.8, 4) is 5.75 Å². The zero-order valence-electron chi connectivity index (χ0n) is 22.8. The molecule has 0 unspecified atom stereocenters. The van der Waals surface area contributed by atoms with Crippen molar-refractivity contribution >= 4 is 23.0 Å². The van der Waals surface area contributed by atoms with Gasteiger partial charge in [-0.1, -0.05) is 19.9 Å². The Morgan fingerprint density at radius 3 is 2.51 bits per heavy atom. The van der Waals surface area contributed by atoms with Crippen LogP contribution in [0.25, 0.3) is 5.70 Å². The number of carbonyl (C=O) groups excluding carboxylic acids is 1. The summed E-state index contributed by atoms with van der Waals surface area (Å²) in [7, 11) is 3.61. The van der Waals surface area contributed by atoms with E-state index in [-0.39, 0.29) is 17.3 Å². The number of anilines is 2. The van der Waals surface area contributed by atoms with Crippen molar-refractivity contribution in [1.29, 1.82) is 0 Å². The highest BCUT2D eigenvalue weighted by atomic mass is 19.4. The van der Waals surface area contributed by atoms with Crippen molar-refractivity contribution in [2.24, 2.45) is 12.9 Å². The van der Waals surface area contributed by atoms with Crippen LogP contribution in [0.15, 0.2) is 48.8 Å². The van der Waals surface area contributed by atoms with Crippen molar-refractivity contribution in [1.82, 2.24) is 20.4 Å². The molecule has 0 saturated carbocycles. The first-order valence-corrected chi connectivity index (χ1v) is 12.2. The number of amides is 1. The number of nitrogens with one attached hydrogen (secondary N) is 3. The predicted octanol–water partition coefficient (Wildman–Crippen LogP) is 4.58. The number of carbonyl (C=O) groups is 1. The van der Waals surface area contributed by atoms with E-state index < -0.39 is 18.0 Å². The molecule has 5 N–H and O–H groups in total. The summed E-state index contributed by atoms with van der Waals surface area (Å²) in [6.07, 6.45) is -1.44. The molecule has 1 heterocycles. The van der Waals surface area contributed by atoms with E-state index >= 15 is 0 Å². The van der Waals surface area contributed by atoms with Gasteiger partial charge in [0.1, 0.15) is 5.75 Å². The Labute approximate surface area is 225 Å². The second-order valence-corrected chi connectivity index (χ2v) is 9.37. The van der Waals surface area contributed by atoms with Crippen molar-refractivity contribution in [3.63, 3.8) is 0 Å². The van der Waals surface area contributed by atoms with Gasteiger partial charge < -0.3 is 20.7 Å². The number of hydrogen-bond acceptors (Lipinski definition) is 7. The molecule has 3 rings (SSSR count). The highest BCUT2D eigenvalue weighted by molar-refractivity contribution is 6.05. The lowest BCUT2D eigenvalue weighted by atomic mass is 10.1. The number of rotatable bonds is 10. The average molecular weight is 546 g/mol. The molecule has 0 fully saturated rings. The maximum absolute atomic E-state index is 13.1. The van der Waals surface area contributed by atoms with E-state index in [4.69, 9.17) is 5.84 Å². The second kappa shape index (κ2) is 12.2. The molecule has 0 radical (unpaired) electrons. The highest BCUT2D eigenvalue weighted by Gasteiger charge is 2.31. The van der Waals surface area contributed by atoms with Gasteiger partial charge in [0, 0.05) is 61.5 Å². The Morgan fingerprint density at radius 2 is 1.92 bits per heavy atom. The van der Waals surface area contributed by atoms with Crippen LogP contribution < -0.4 is 31.5 Å². The Hall–Kier alpha value is -4.03. The summed E-state index contributed by atoms with van der Waals surface area (Å²) in [5.74, 6) is 5.43. The largest absolute Gasteiger partial charge is 0.573 e. The van der Waals surface area contributed by atoms with Crippen molar-refractivity contribution in [3.05, 3.63) is 76.7 Å². The van der Waals surface area contributed by atoms with E-state index in [1.165, 1.54) is 11.1 Å². The number of aromatic nitrogens is 2. The maximum atomic E-state index is 13.1. The van der Waals surface area contributed by atoms with E-state index in [2.05, 4.69) is 25.8 Å². The molecule has 1 aromatic heterocycles. The topological polar surface area (TPSA) is 109 Å². The summed E-state index contributed by atoms with van der Waals surface area (Å²) < 4.78 is 44.6. The van der Waals surface area contributed by atoms with E-state index in [9.17, 15) is 18.0 Å². The van der Waals surface area contributed by atoms with E-state index in [0.717, 1.165) is 28.6 Å². The molecule has 1 amide bonds. The molecule has 210 valence electrons. The summed E-state index contributed by atoms with van der Waals surface area (Å²) >= 11 is 0. The molecule has 12 heteroatoms. The normalized spacial score (nSPS) is 12.0. The van der Waals surface area contributed by atoms with Crippen molar-refractivity contribution < 1.29 is 22.7 Å². The third kappa shape index (κ3) is 7.98. The van der Waals surface area contributed by atoms with Crippen LogP contribution >= 0.6 is 0 Å². The Balaban J connectivity index is 1.88. The van der Waals surface area contributed by atoms with Crippen LogP contribution in [-0.2, 0) is 13.6 Å². The van der Waals surface area contributed by atoms with Gasteiger partial charge in [-0.2, -0.15) is 5.10 Å². The fourth-order valence-electron chi connectivity index (χ4n) is 3.82. The lowest BCUT2D eigenvalue weighted by molar-refractivity contribution is -0.274. The quantitative estimate of drug-likeness (QED) is 0.218. The van der Waals surface area contributed by atoms with Crippen molar-refractivity contribution in [2.45, 2.75) is 46.6 Å². The maximum Gasteiger partial charge on any atom is 0.573 e. The van der Waals surface area contributed by atoms with Gasteiger partial charge in [0.25, 0.3) is 5.91 Å². The van der Waals surface area contributed by atoms with Gasteiger partial charge in [0.05, 0.1) is 17.6 Å². The molecule has 39 heavy (non-hydrogen) atoms. The Morgan fingerprint density at radius 1 is 1.21 bits per heavy atom. The number of hydrazine groups is 1. The number of benzene rings is 2. The Kier molecular flexibility index (Phi) is 9.25.